The molecule has 1 aromatic heterocycles. The molecule has 1 aliphatic heterocycles. The average molecular weight is 498 g/mol. The van der Waals surface area contributed by atoms with Crippen LogP contribution in [-0.4, -0.2) is 38.1 Å². The number of para-hydroxylation sites is 1. The van der Waals surface area contributed by atoms with Gasteiger partial charge in [-0.05, 0) is 31.0 Å². The zero-order valence-corrected chi connectivity index (χ0v) is 20.8. The first-order chi connectivity index (χ1) is 16.9. The fraction of sp³-hybridized carbons (Fsp3) is 0.385. The van der Waals surface area contributed by atoms with E-state index in [1.54, 1.807) is 38.3 Å². The van der Waals surface area contributed by atoms with Gasteiger partial charge in [-0.1, -0.05) is 43.0 Å². The van der Waals surface area contributed by atoms with E-state index in [4.69, 9.17) is 25.5 Å². The number of nitrogens with zero attached hydrogens (tertiary/aromatic N) is 1. The minimum absolute atomic E-state index is 0.205. The van der Waals surface area contributed by atoms with Gasteiger partial charge in [0.25, 0.3) is 5.91 Å². The Morgan fingerprint density at radius 1 is 1.17 bits per heavy atom. The lowest BCUT2D eigenvalue weighted by atomic mass is 9.74. The summed E-state index contributed by atoms with van der Waals surface area (Å²) in [5, 5.41) is 7.14. The van der Waals surface area contributed by atoms with Crippen molar-refractivity contribution in [2.45, 2.75) is 44.2 Å². The summed E-state index contributed by atoms with van der Waals surface area (Å²) in [5.41, 5.74) is 2.22. The van der Waals surface area contributed by atoms with Crippen molar-refractivity contribution in [3.05, 3.63) is 52.2 Å². The molecule has 0 unspecified atom stereocenters. The number of hydrogen-bond acceptors (Lipinski definition) is 5. The Kier molecular flexibility index (Phi) is 6.01. The van der Waals surface area contributed by atoms with Crippen LogP contribution in [0.1, 0.15) is 53.8 Å². The molecule has 1 fully saturated rings. The van der Waals surface area contributed by atoms with Crippen molar-refractivity contribution in [2.75, 3.05) is 26.6 Å². The Morgan fingerprint density at radius 3 is 2.66 bits per heavy atom. The van der Waals surface area contributed by atoms with Crippen molar-refractivity contribution in [3.63, 3.8) is 0 Å². The third kappa shape index (κ3) is 3.95. The van der Waals surface area contributed by atoms with Crippen molar-refractivity contribution in [1.82, 2.24) is 10.2 Å². The summed E-state index contributed by atoms with van der Waals surface area (Å²) in [4.78, 5) is 27.4. The van der Waals surface area contributed by atoms with Gasteiger partial charge in [-0.2, -0.15) is 0 Å². The summed E-state index contributed by atoms with van der Waals surface area (Å²) in [6.07, 6.45) is 4.69. The molecule has 0 saturated heterocycles. The molecule has 0 atom stereocenters. The maximum Gasteiger partial charge on any atom is 0.319 e. The van der Waals surface area contributed by atoms with Crippen molar-refractivity contribution in [1.29, 1.82) is 0 Å². The Morgan fingerprint density at radius 2 is 1.94 bits per heavy atom. The van der Waals surface area contributed by atoms with Gasteiger partial charge in [-0.15, -0.1) is 0 Å². The highest BCUT2D eigenvalue weighted by Crippen LogP contribution is 2.49. The van der Waals surface area contributed by atoms with Gasteiger partial charge in [0.05, 0.1) is 30.5 Å². The van der Waals surface area contributed by atoms with Gasteiger partial charge < -0.3 is 29.4 Å². The third-order valence-electron chi connectivity index (χ3n) is 6.99. The van der Waals surface area contributed by atoms with Crippen molar-refractivity contribution in [2.24, 2.45) is 0 Å². The SMILES string of the molecule is COc1cccc(CN(C)C(=O)c2cc3cc(Cl)c4c(c3o2)C2(CCCCC2)NC(=O)N4)c1OC. The number of ether oxygens (including phenoxy) is 2. The van der Waals surface area contributed by atoms with Gasteiger partial charge in [0.15, 0.2) is 17.3 Å². The van der Waals surface area contributed by atoms with Crippen LogP contribution in [0.5, 0.6) is 11.5 Å². The molecule has 2 heterocycles. The van der Waals surface area contributed by atoms with E-state index < -0.39 is 5.54 Å². The molecular formula is C26H28ClN3O5. The number of rotatable bonds is 5. The highest BCUT2D eigenvalue weighted by Gasteiger charge is 2.44. The van der Waals surface area contributed by atoms with Gasteiger partial charge in [-0.25, -0.2) is 4.79 Å². The summed E-state index contributed by atoms with van der Waals surface area (Å²) in [6.45, 7) is 0.302. The standard InChI is InChI=1S/C26H28ClN3O5/c1-30(14-15-8-7-9-18(33-2)22(15)34-3)24(31)19-13-16-12-17(27)21-20(23(16)35-19)26(29-25(32)28-21)10-5-4-6-11-26/h7-9,12-13H,4-6,10-11,14H2,1-3H3,(H2,28,29,32). The molecule has 2 aliphatic rings. The maximum atomic E-state index is 13.4. The number of benzene rings is 2. The summed E-state index contributed by atoms with van der Waals surface area (Å²) in [6, 6.07) is 8.75. The number of urea groups is 1. The Bertz CT molecular complexity index is 1310. The second kappa shape index (κ2) is 9.00. The van der Waals surface area contributed by atoms with Crippen LogP contribution in [0.25, 0.3) is 11.0 Å². The van der Waals surface area contributed by atoms with Crippen LogP contribution in [0, 0.1) is 0 Å². The third-order valence-corrected chi connectivity index (χ3v) is 7.28. The first-order valence-corrected chi connectivity index (χ1v) is 12.1. The van der Waals surface area contributed by atoms with E-state index in [0.29, 0.717) is 34.3 Å². The number of amides is 3. The highest BCUT2D eigenvalue weighted by atomic mass is 35.5. The number of carbonyl (C=O) groups is 2. The quantitative estimate of drug-likeness (QED) is 0.473. The molecule has 2 aromatic carbocycles. The highest BCUT2D eigenvalue weighted by molar-refractivity contribution is 6.35. The minimum Gasteiger partial charge on any atom is -0.493 e. The lowest BCUT2D eigenvalue weighted by Crippen LogP contribution is -2.52. The van der Waals surface area contributed by atoms with Gasteiger partial charge in [0.1, 0.15) is 5.58 Å². The van der Waals surface area contributed by atoms with E-state index in [1.165, 1.54) is 0 Å². The van der Waals surface area contributed by atoms with Crippen molar-refractivity contribution in [3.8, 4) is 11.5 Å². The zero-order valence-electron chi connectivity index (χ0n) is 20.0. The Hall–Kier alpha value is -3.39. The van der Waals surface area contributed by atoms with Crippen LogP contribution in [-0.2, 0) is 12.1 Å². The summed E-state index contributed by atoms with van der Waals surface area (Å²) >= 11 is 6.60. The lowest BCUT2D eigenvalue weighted by molar-refractivity contribution is 0.0754. The first-order valence-electron chi connectivity index (χ1n) is 11.7. The molecule has 35 heavy (non-hydrogen) atoms. The largest absolute Gasteiger partial charge is 0.493 e. The second-order valence-electron chi connectivity index (χ2n) is 9.17. The number of carbonyl (C=O) groups excluding carboxylic acids is 2. The van der Waals surface area contributed by atoms with Crippen LogP contribution in [0.15, 0.2) is 34.7 Å². The number of hydrogen-bond donors (Lipinski definition) is 2. The predicted octanol–water partition coefficient (Wildman–Crippen LogP) is 5.67. The van der Waals surface area contributed by atoms with Gasteiger partial charge in [-0.3, -0.25) is 4.79 Å². The van der Waals surface area contributed by atoms with E-state index in [2.05, 4.69) is 10.6 Å². The van der Waals surface area contributed by atoms with Crippen molar-refractivity contribution < 1.29 is 23.5 Å². The lowest BCUT2D eigenvalue weighted by Gasteiger charge is -2.42. The molecule has 9 heteroatoms. The number of anilines is 1. The number of halogens is 1. The smallest absolute Gasteiger partial charge is 0.319 e. The summed E-state index contributed by atoms with van der Waals surface area (Å²) in [7, 11) is 4.86. The molecule has 184 valence electrons. The Labute approximate surface area is 208 Å². The summed E-state index contributed by atoms with van der Waals surface area (Å²) < 4.78 is 17.1. The molecule has 5 rings (SSSR count). The number of methoxy groups -OCH3 is 2. The van der Waals surface area contributed by atoms with E-state index >= 15 is 0 Å². The molecular weight excluding hydrogens is 470 g/mol. The molecule has 8 nitrogen and oxygen atoms in total. The van der Waals surface area contributed by atoms with Crippen molar-refractivity contribution >= 4 is 40.2 Å². The van der Waals surface area contributed by atoms with Crippen LogP contribution < -0.4 is 20.1 Å². The zero-order chi connectivity index (χ0) is 24.7. The first kappa shape index (κ1) is 23.4. The van der Waals surface area contributed by atoms with Crippen LogP contribution in [0.4, 0.5) is 10.5 Å². The fourth-order valence-electron chi connectivity index (χ4n) is 5.38. The molecule has 3 aromatic rings. The number of nitrogens with one attached hydrogen (secondary N) is 2. The average Bonchev–Trinajstić information content (AvgIpc) is 3.27. The Balaban J connectivity index is 1.53. The molecule has 2 N–H and O–H groups in total. The molecule has 0 radical (unpaired) electrons. The topological polar surface area (TPSA) is 93.0 Å². The monoisotopic (exact) mass is 497 g/mol. The fourth-order valence-corrected chi connectivity index (χ4v) is 5.64. The van der Waals surface area contributed by atoms with E-state index in [-0.39, 0.29) is 17.7 Å². The van der Waals surface area contributed by atoms with Gasteiger partial charge in [0, 0.05) is 30.1 Å². The van der Waals surface area contributed by atoms with E-state index in [9.17, 15) is 9.59 Å². The number of fused-ring (bicyclic) bond motifs is 4. The molecule has 1 saturated carbocycles. The molecule has 0 bridgehead atoms. The molecule has 1 aliphatic carbocycles. The summed E-state index contributed by atoms with van der Waals surface area (Å²) in [5.74, 6) is 1.11. The van der Waals surface area contributed by atoms with E-state index in [0.717, 1.165) is 48.6 Å². The van der Waals surface area contributed by atoms with Crippen LogP contribution in [0.3, 0.4) is 0 Å². The van der Waals surface area contributed by atoms with E-state index in [1.807, 2.05) is 18.2 Å². The minimum atomic E-state index is -0.558. The normalized spacial score (nSPS) is 16.4. The maximum absolute atomic E-state index is 13.4. The van der Waals surface area contributed by atoms with Gasteiger partial charge in [0.2, 0.25) is 0 Å². The van der Waals surface area contributed by atoms with Crippen LogP contribution in [0.2, 0.25) is 5.02 Å². The number of furan rings is 1. The molecule has 3 amide bonds. The second-order valence-corrected chi connectivity index (χ2v) is 9.58. The van der Waals surface area contributed by atoms with Crippen LogP contribution >= 0.6 is 11.6 Å². The molecule has 1 spiro atoms. The predicted molar refractivity (Wildman–Crippen MR) is 133 cm³/mol. The van der Waals surface area contributed by atoms with Gasteiger partial charge >= 0.3 is 6.03 Å².